The number of halogens is 2. The molecule has 0 radical (unpaired) electrons. The van der Waals surface area contributed by atoms with E-state index in [-0.39, 0.29) is 5.75 Å². The summed E-state index contributed by atoms with van der Waals surface area (Å²) in [7, 11) is 1.41. The third kappa shape index (κ3) is 2.06. The fourth-order valence-electron chi connectivity index (χ4n) is 1.89. The maximum atomic E-state index is 13.7. The van der Waals surface area contributed by atoms with Gasteiger partial charge in [0.05, 0.1) is 17.8 Å². The minimum absolute atomic E-state index is 0.164. The van der Waals surface area contributed by atoms with Gasteiger partial charge in [0.2, 0.25) is 5.89 Å². The predicted molar refractivity (Wildman–Crippen MR) is 75.4 cm³/mol. The summed E-state index contributed by atoms with van der Waals surface area (Å²) in [4.78, 5) is 4.27. The molecular weight excluding hydrogens is 283 g/mol. The molecule has 4 nitrogen and oxygen atoms in total. The van der Waals surface area contributed by atoms with Gasteiger partial charge in [-0.15, -0.1) is 0 Å². The molecule has 102 valence electrons. The van der Waals surface area contributed by atoms with Crippen molar-refractivity contribution in [3.05, 3.63) is 41.2 Å². The Hall–Kier alpha value is -2.27. The standard InChI is InChI=1S/C14H10ClFN2O2/c1-19-12-3-2-7(4-9(12)16)14-18-11-5-8(15)10(17)6-13(11)20-14/h2-6H,17H2,1H3. The van der Waals surface area contributed by atoms with Crippen molar-refractivity contribution in [1.82, 2.24) is 4.98 Å². The molecular formula is C14H10ClFN2O2. The van der Waals surface area contributed by atoms with Crippen LogP contribution in [0.2, 0.25) is 5.02 Å². The van der Waals surface area contributed by atoms with E-state index in [0.717, 1.165) is 0 Å². The largest absolute Gasteiger partial charge is 0.494 e. The van der Waals surface area contributed by atoms with E-state index in [9.17, 15) is 4.39 Å². The molecule has 0 atom stereocenters. The molecule has 3 aromatic rings. The molecule has 1 aromatic heterocycles. The van der Waals surface area contributed by atoms with Gasteiger partial charge in [0.15, 0.2) is 17.1 Å². The zero-order valence-corrected chi connectivity index (χ0v) is 11.2. The lowest BCUT2D eigenvalue weighted by molar-refractivity contribution is 0.386. The van der Waals surface area contributed by atoms with E-state index < -0.39 is 5.82 Å². The quantitative estimate of drug-likeness (QED) is 0.728. The lowest BCUT2D eigenvalue weighted by atomic mass is 10.2. The van der Waals surface area contributed by atoms with Crippen LogP contribution in [0, 0.1) is 5.82 Å². The molecule has 0 saturated carbocycles. The first kappa shape index (κ1) is 12.7. The number of methoxy groups -OCH3 is 1. The zero-order valence-electron chi connectivity index (χ0n) is 10.5. The molecule has 2 aromatic carbocycles. The molecule has 0 aliphatic carbocycles. The number of aromatic nitrogens is 1. The average Bonchev–Trinajstić information content (AvgIpc) is 2.82. The van der Waals surface area contributed by atoms with E-state index >= 15 is 0 Å². The molecule has 0 saturated heterocycles. The van der Waals surface area contributed by atoms with E-state index in [1.54, 1.807) is 18.2 Å². The fourth-order valence-corrected chi connectivity index (χ4v) is 2.04. The van der Waals surface area contributed by atoms with Crippen molar-refractivity contribution in [2.45, 2.75) is 0 Å². The Kier molecular flexibility index (Phi) is 2.99. The molecule has 2 N–H and O–H groups in total. The third-order valence-electron chi connectivity index (χ3n) is 2.91. The number of fused-ring (bicyclic) bond motifs is 1. The maximum Gasteiger partial charge on any atom is 0.227 e. The number of oxazole rings is 1. The summed E-state index contributed by atoms with van der Waals surface area (Å²) in [6.45, 7) is 0. The number of anilines is 1. The van der Waals surface area contributed by atoms with Gasteiger partial charge < -0.3 is 14.9 Å². The Morgan fingerprint density at radius 1 is 1.30 bits per heavy atom. The number of hydrogen-bond donors (Lipinski definition) is 1. The highest BCUT2D eigenvalue weighted by Crippen LogP contribution is 2.31. The molecule has 20 heavy (non-hydrogen) atoms. The van der Waals surface area contributed by atoms with Gasteiger partial charge in [-0.25, -0.2) is 9.37 Å². The van der Waals surface area contributed by atoms with Crippen molar-refractivity contribution < 1.29 is 13.5 Å². The van der Waals surface area contributed by atoms with Gasteiger partial charge in [-0.1, -0.05) is 11.6 Å². The van der Waals surface area contributed by atoms with Crippen molar-refractivity contribution >= 4 is 28.4 Å². The van der Waals surface area contributed by atoms with E-state index in [1.165, 1.54) is 19.2 Å². The SMILES string of the molecule is COc1ccc(-c2nc3cc(Cl)c(N)cc3o2)cc1F. The predicted octanol–water partition coefficient (Wildman–Crippen LogP) is 3.88. The summed E-state index contributed by atoms with van der Waals surface area (Å²) in [5.41, 5.74) is 7.68. The molecule has 0 aliphatic heterocycles. The molecule has 0 unspecified atom stereocenters. The van der Waals surface area contributed by atoms with E-state index in [4.69, 9.17) is 26.5 Å². The van der Waals surface area contributed by atoms with E-state index in [2.05, 4.69) is 4.98 Å². The molecule has 0 bridgehead atoms. The van der Waals surface area contributed by atoms with Crippen molar-refractivity contribution in [2.75, 3.05) is 12.8 Å². The van der Waals surface area contributed by atoms with Crippen LogP contribution in [0.15, 0.2) is 34.7 Å². The summed E-state index contributed by atoms with van der Waals surface area (Å²) < 4.78 is 24.1. The van der Waals surface area contributed by atoms with Crippen molar-refractivity contribution in [3.8, 4) is 17.2 Å². The number of benzene rings is 2. The first-order valence-corrected chi connectivity index (χ1v) is 6.16. The minimum atomic E-state index is -0.482. The normalized spacial score (nSPS) is 10.9. The number of ether oxygens (including phenoxy) is 1. The second kappa shape index (κ2) is 4.68. The minimum Gasteiger partial charge on any atom is -0.494 e. The van der Waals surface area contributed by atoms with Gasteiger partial charge >= 0.3 is 0 Å². The molecule has 0 spiro atoms. The van der Waals surface area contributed by atoms with Gasteiger partial charge in [-0.05, 0) is 24.3 Å². The zero-order chi connectivity index (χ0) is 14.3. The Morgan fingerprint density at radius 2 is 2.10 bits per heavy atom. The summed E-state index contributed by atoms with van der Waals surface area (Å²) in [5, 5.41) is 0.401. The van der Waals surface area contributed by atoms with Gasteiger partial charge in [-0.3, -0.25) is 0 Å². The second-order valence-electron chi connectivity index (χ2n) is 4.21. The van der Waals surface area contributed by atoms with E-state index in [0.29, 0.717) is 33.3 Å². The van der Waals surface area contributed by atoms with Gasteiger partial charge in [0, 0.05) is 11.6 Å². The molecule has 0 fully saturated rings. The Labute approximate surface area is 118 Å². The van der Waals surface area contributed by atoms with Crippen LogP contribution in [0.1, 0.15) is 0 Å². The van der Waals surface area contributed by atoms with Crippen LogP contribution in [0.25, 0.3) is 22.6 Å². The first-order valence-electron chi connectivity index (χ1n) is 5.78. The van der Waals surface area contributed by atoms with Gasteiger partial charge in [0.1, 0.15) is 5.52 Å². The van der Waals surface area contributed by atoms with Crippen LogP contribution in [0.3, 0.4) is 0 Å². The summed E-state index contributed by atoms with van der Waals surface area (Å²) >= 11 is 5.92. The summed E-state index contributed by atoms with van der Waals surface area (Å²) in [6.07, 6.45) is 0. The Bertz CT molecular complexity index is 762. The first-order chi connectivity index (χ1) is 9.58. The highest BCUT2D eigenvalue weighted by atomic mass is 35.5. The number of nitrogens with two attached hydrogens (primary N) is 1. The topological polar surface area (TPSA) is 61.3 Å². The number of hydrogen-bond acceptors (Lipinski definition) is 4. The summed E-state index contributed by atoms with van der Waals surface area (Å²) in [6, 6.07) is 7.68. The molecule has 3 rings (SSSR count). The van der Waals surface area contributed by atoms with E-state index in [1.807, 2.05) is 0 Å². The smallest absolute Gasteiger partial charge is 0.227 e. The molecule has 6 heteroatoms. The van der Waals surface area contributed by atoms with Crippen LogP contribution in [-0.2, 0) is 0 Å². The highest BCUT2D eigenvalue weighted by molar-refractivity contribution is 6.33. The lowest BCUT2D eigenvalue weighted by Gasteiger charge is -2.02. The number of nitrogens with zero attached hydrogens (tertiary/aromatic N) is 1. The van der Waals surface area contributed by atoms with Crippen LogP contribution in [-0.4, -0.2) is 12.1 Å². The summed E-state index contributed by atoms with van der Waals surface area (Å²) in [5.74, 6) is -0.0230. The van der Waals surface area contributed by atoms with Gasteiger partial charge in [-0.2, -0.15) is 0 Å². The second-order valence-corrected chi connectivity index (χ2v) is 4.62. The van der Waals surface area contributed by atoms with Crippen molar-refractivity contribution in [2.24, 2.45) is 0 Å². The Morgan fingerprint density at radius 3 is 2.80 bits per heavy atom. The third-order valence-corrected chi connectivity index (χ3v) is 3.23. The fraction of sp³-hybridized carbons (Fsp3) is 0.0714. The molecule has 1 heterocycles. The van der Waals surface area contributed by atoms with Crippen LogP contribution in [0.4, 0.5) is 10.1 Å². The molecule has 0 aliphatic rings. The van der Waals surface area contributed by atoms with Crippen LogP contribution >= 0.6 is 11.6 Å². The average molecular weight is 293 g/mol. The molecule has 0 amide bonds. The number of rotatable bonds is 2. The maximum absolute atomic E-state index is 13.7. The van der Waals surface area contributed by atoms with Gasteiger partial charge in [0.25, 0.3) is 0 Å². The van der Waals surface area contributed by atoms with Crippen LogP contribution < -0.4 is 10.5 Å². The highest BCUT2D eigenvalue weighted by Gasteiger charge is 2.12. The van der Waals surface area contributed by atoms with Crippen molar-refractivity contribution in [1.29, 1.82) is 0 Å². The number of nitrogen functional groups attached to an aromatic ring is 1. The monoisotopic (exact) mass is 292 g/mol. The Balaban J connectivity index is 2.12. The van der Waals surface area contributed by atoms with Crippen molar-refractivity contribution in [3.63, 3.8) is 0 Å². The lowest BCUT2D eigenvalue weighted by Crippen LogP contribution is -1.88. The van der Waals surface area contributed by atoms with Crippen LogP contribution in [0.5, 0.6) is 5.75 Å².